The fourth-order valence-corrected chi connectivity index (χ4v) is 5.13. The maximum Gasteiger partial charge on any atom is 0.256 e. The molecule has 35 heavy (non-hydrogen) atoms. The zero-order valence-corrected chi connectivity index (χ0v) is 20.2. The summed E-state index contributed by atoms with van der Waals surface area (Å²) in [6.07, 6.45) is 5.04. The number of aromatic nitrogens is 5. The third-order valence-corrected chi connectivity index (χ3v) is 7.45. The van der Waals surface area contributed by atoms with Crippen LogP contribution < -0.4 is 5.32 Å². The first kappa shape index (κ1) is 23.0. The highest BCUT2D eigenvalue weighted by Crippen LogP contribution is 2.36. The number of rotatable bonds is 5. The normalized spacial score (nSPS) is 14.0. The zero-order chi connectivity index (χ0) is 24.4. The molecule has 1 unspecified atom stereocenters. The van der Waals surface area contributed by atoms with E-state index in [1.165, 1.54) is 55.1 Å². The van der Waals surface area contributed by atoms with Crippen molar-refractivity contribution in [3.63, 3.8) is 0 Å². The number of thiazole rings is 1. The average Bonchev–Trinajstić information content (AvgIpc) is 3.51. The molecule has 2 aromatic heterocycles. The highest BCUT2D eigenvalue weighted by atomic mass is 32.2. The van der Waals surface area contributed by atoms with Gasteiger partial charge in [-0.3, -0.25) is 9.00 Å². The summed E-state index contributed by atoms with van der Waals surface area (Å²) >= 11 is 1.49. The number of nitrogens with zero attached hydrogens (tertiary/aromatic N) is 4. The van der Waals surface area contributed by atoms with E-state index in [4.69, 9.17) is 0 Å². The number of carbonyl (C=O) groups is 1. The lowest BCUT2D eigenvalue weighted by atomic mass is 9.83. The van der Waals surface area contributed by atoms with Gasteiger partial charge in [-0.1, -0.05) is 18.4 Å². The second-order valence-electron chi connectivity index (χ2n) is 8.00. The van der Waals surface area contributed by atoms with Crippen molar-refractivity contribution in [3.8, 4) is 23.2 Å². The van der Waals surface area contributed by atoms with Gasteiger partial charge in [-0.15, -0.1) is 21.5 Å². The molecule has 4 aromatic rings. The molecule has 0 aliphatic heterocycles. The van der Waals surface area contributed by atoms with Crippen LogP contribution in [-0.4, -0.2) is 42.0 Å². The largest absolute Gasteiger partial charge is 0.319 e. The molecule has 0 spiro atoms. The topological polar surface area (TPSA) is 114 Å². The van der Waals surface area contributed by atoms with Gasteiger partial charge in [0.2, 0.25) is 5.82 Å². The van der Waals surface area contributed by atoms with Gasteiger partial charge in [0.25, 0.3) is 5.91 Å². The standard InChI is InChI=1S/C24H19FN6O2S2/c1-35(33)21-12-16(23-28-30-31-29-23)7-8-17(21)24(32)27-19-11-14(5-9-18(19)25)6-10-22-26-20(13-34-22)15-3-2-4-15/h5,7-9,11-13,15H,2-4H2,1H3,(H,27,32)(H,28,29,30,31). The molecular formula is C24H19FN6O2S2. The third-order valence-electron chi connectivity index (χ3n) is 5.71. The Balaban J connectivity index is 1.37. The molecule has 0 saturated heterocycles. The number of hydrogen-bond acceptors (Lipinski definition) is 7. The van der Waals surface area contributed by atoms with Gasteiger partial charge < -0.3 is 5.32 Å². The number of anilines is 1. The van der Waals surface area contributed by atoms with Crippen molar-refractivity contribution >= 4 is 33.7 Å². The van der Waals surface area contributed by atoms with Crippen molar-refractivity contribution in [2.75, 3.05) is 11.6 Å². The zero-order valence-electron chi connectivity index (χ0n) is 18.5. The van der Waals surface area contributed by atoms with E-state index < -0.39 is 22.5 Å². The number of carbonyl (C=O) groups excluding carboxylic acids is 1. The van der Waals surface area contributed by atoms with Crippen LogP contribution in [0.4, 0.5) is 10.1 Å². The molecule has 1 fully saturated rings. The first-order valence-electron chi connectivity index (χ1n) is 10.8. The van der Waals surface area contributed by atoms with Crippen LogP contribution in [0, 0.1) is 17.7 Å². The molecule has 11 heteroatoms. The Morgan fingerprint density at radius 2 is 2.09 bits per heavy atom. The highest BCUT2D eigenvalue weighted by Gasteiger charge is 2.22. The molecule has 1 amide bonds. The van der Waals surface area contributed by atoms with Gasteiger partial charge in [0.1, 0.15) is 5.82 Å². The van der Waals surface area contributed by atoms with Crippen LogP contribution in [0.3, 0.4) is 0 Å². The average molecular weight is 507 g/mol. The highest BCUT2D eigenvalue weighted by molar-refractivity contribution is 7.84. The number of nitrogens with one attached hydrogen (secondary N) is 2. The number of tetrazole rings is 1. The van der Waals surface area contributed by atoms with Gasteiger partial charge in [0.05, 0.1) is 32.6 Å². The molecule has 5 rings (SSSR count). The molecule has 1 aliphatic rings. The van der Waals surface area contributed by atoms with Gasteiger partial charge >= 0.3 is 0 Å². The fourth-order valence-electron chi connectivity index (χ4n) is 3.62. The monoisotopic (exact) mass is 506 g/mol. The van der Waals surface area contributed by atoms with Crippen LogP contribution in [0.1, 0.15) is 51.8 Å². The molecule has 176 valence electrons. The minimum atomic E-state index is -1.49. The van der Waals surface area contributed by atoms with Crippen LogP contribution in [0.5, 0.6) is 0 Å². The Hall–Kier alpha value is -3.75. The minimum Gasteiger partial charge on any atom is -0.319 e. The van der Waals surface area contributed by atoms with Gasteiger partial charge in [-0.25, -0.2) is 9.37 Å². The van der Waals surface area contributed by atoms with E-state index in [-0.39, 0.29) is 16.1 Å². The van der Waals surface area contributed by atoms with E-state index in [0.717, 1.165) is 5.69 Å². The van der Waals surface area contributed by atoms with Crippen LogP contribution in [0.25, 0.3) is 11.4 Å². The SMILES string of the molecule is CS(=O)c1cc(-c2nn[nH]n2)ccc1C(=O)Nc1cc(C#Cc2nc(C3CCC3)cs2)ccc1F. The maximum atomic E-state index is 14.5. The van der Waals surface area contributed by atoms with E-state index in [1.54, 1.807) is 18.2 Å². The predicted octanol–water partition coefficient (Wildman–Crippen LogP) is 4.12. The summed E-state index contributed by atoms with van der Waals surface area (Å²) in [5, 5.41) is 19.0. The van der Waals surface area contributed by atoms with Crippen LogP contribution >= 0.6 is 11.3 Å². The van der Waals surface area contributed by atoms with Crippen LogP contribution in [-0.2, 0) is 10.8 Å². The second-order valence-corrected chi connectivity index (χ2v) is 10.2. The van der Waals surface area contributed by atoms with E-state index >= 15 is 0 Å². The minimum absolute atomic E-state index is 0.0221. The first-order valence-corrected chi connectivity index (χ1v) is 13.2. The Morgan fingerprint density at radius 1 is 1.23 bits per heavy atom. The number of halogens is 1. The molecule has 0 bridgehead atoms. The molecule has 1 atom stereocenters. The number of H-pyrrole nitrogens is 1. The number of aromatic amines is 1. The molecule has 0 radical (unpaired) electrons. The molecule has 8 nitrogen and oxygen atoms in total. The summed E-state index contributed by atoms with van der Waals surface area (Å²) in [4.78, 5) is 17.8. The van der Waals surface area contributed by atoms with Gasteiger partial charge in [0, 0.05) is 28.7 Å². The predicted molar refractivity (Wildman–Crippen MR) is 131 cm³/mol. The van der Waals surface area contributed by atoms with Crippen molar-refractivity contribution in [2.24, 2.45) is 0 Å². The summed E-state index contributed by atoms with van der Waals surface area (Å²) in [7, 11) is -1.49. The summed E-state index contributed by atoms with van der Waals surface area (Å²) in [5.74, 6) is 5.66. The summed E-state index contributed by atoms with van der Waals surface area (Å²) in [6, 6.07) is 8.93. The maximum absolute atomic E-state index is 14.5. The Labute approximate surface area is 206 Å². The van der Waals surface area contributed by atoms with Crippen LogP contribution in [0.2, 0.25) is 0 Å². The summed E-state index contributed by atoms with van der Waals surface area (Å²) in [6.45, 7) is 0. The van der Waals surface area contributed by atoms with Crippen molar-refractivity contribution in [1.82, 2.24) is 25.6 Å². The Morgan fingerprint density at radius 3 is 2.80 bits per heavy atom. The van der Waals surface area contributed by atoms with Gasteiger partial charge in [0.15, 0.2) is 5.01 Å². The van der Waals surface area contributed by atoms with E-state index in [9.17, 15) is 13.4 Å². The van der Waals surface area contributed by atoms with E-state index in [1.807, 2.05) is 5.38 Å². The second kappa shape index (κ2) is 9.85. The molecular weight excluding hydrogens is 487 g/mol. The number of amides is 1. The van der Waals surface area contributed by atoms with Crippen molar-refractivity contribution in [2.45, 2.75) is 30.1 Å². The smallest absolute Gasteiger partial charge is 0.256 e. The third kappa shape index (κ3) is 5.03. The fraction of sp³-hybridized carbons (Fsp3) is 0.208. The Bertz CT molecular complexity index is 1490. The van der Waals surface area contributed by atoms with Crippen molar-refractivity contribution in [3.05, 3.63) is 69.4 Å². The lowest BCUT2D eigenvalue weighted by Gasteiger charge is -2.22. The number of benzene rings is 2. The van der Waals surface area contributed by atoms with E-state index in [2.05, 4.69) is 42.8 Å². The quantitative estimate of drug-likeness (QED) is 0.394. The lowest BCUT2D eigenvalue weighted by molar-refractivity contribution is 0.102. The van der Waals surface area contributed by atoms with Crippen molar-refractivity contribution in [1.29, 1.82) is 0 Å². The molecule has 1 saturated carbocycles. The first-order chi connectivity index (χ1) is 17.0. The summed E-state index contributed by atoms with van der Waals surface area (Å²) < 4.78 is 26.8. The van der Waals surface area contributed by atoms with Crippen LogP contribution in [0.15, 0.2) is 46.7 Å². The summed E-state index contributed by atoms with van der Waals surface area (Å²) in [5.41, 5.74) is 2.30. The Kier molecular flexibility index (Phi) is 6.48. The van der Waals surface area contributed by atoms with Gasteiger partial charge in [-0.2, -0.15) is 5.21 Å². The molecule has 2 N–H and O–H groups in total. The van der Waals surface area contributed by atoms with E-state index in [0.29, 0.717) is 27.9 Å². The molecule has 2 heterocycles. The molecule has 1 aliphatic carbocycles. The van der Waals surface area contributed by atoms with Gasteiger partial charge in [-0.05, 0) is 54.3 Å². The molecule has 2 aromatic carbocycles. The van der Waals surface area contributed by atoms with Crippen molar-refractivity contribution < 1.29 is 13.4 Å². The number of hydrogen-bond donors (Lipinski definition) is 2. The lowest BCUT2D eigenvalue weighted by Crippen LogP contribution is -2.16.